The first-order valence-electron chi connectivity index (χ1n) is 6.76. The van der Waals surface area contributed by atoms with Crippen LogP contribution in [0.4, 0.5) is 8.78 Å². The standard InChI is InChI=1S/C17H19F2N/c1-12-6-8-13(9-7-12)10-15(20-2)11-14-4-3-5-16(18)17(14)19/h3-9,15,20H,10-11H2,1-2H3. The van der Waals surface area contributed by atoms with Gasteiger partial charge in [0.05, 0.1) is 0 Å². The van der Waals surface area contributed by atoms with Gasteiger partial charge < -0.3 is 5.32 Å². The highest BCUT2D eigenvalue weighted by atomic mass is 19.2. The van der Waals surface area contributed by atoms with Crippen LogP contribution in [0.15, 0.2) is 42.5 Å². The van der Waals surface area contributed by atoms with Crippen molar-refractivity contribution in [3.63, 3.8) is 0 Å². The number of aryl methyl sites for hydroxylation is 1. The van der Waals surface area contributed by atoms with E-state index < -0.39 is 11.6 Å². The van der Waals surface area contributed by atoms with E-state index in [0.29, 0.717) is 12.0 Å². The van der Waals surface area contributed by atoms with Crippen molar-refractivity contribution in [3.05, 3.63) is 70.8 Å². The summed E-state index contributed by atoms with van der Waals surface area (Å²) in [5.41, 5.74) is 2.81. The van der Waals surface area contributed by atoms with Crippen molar-refractivity contribution in [2.24, 2.45) is 0 Å². The molecule has 0 aliphatic rings. The first kappa shape index (κ1) is 14.7. The Bertz CT molecular complexity index is 564. The third kappa shape index (κ3) is 3.64. The molecule has 0 saturated carbocycles. The molecule has 0 fully saturated rings. The highest BCUT2D eigenvalue weighted by Crippen LogP contribution is 2.15. The number of halogens is 2. The van der Waals surface area contributed by atoms with E-state index in [9.17, 15) is 8.78 Å². The second-order valence-electron chi connectivity index (χ2n) is 5.09. The third-order valence-electron chi connectivity index (χ3n) is 3.51. The summed E-state index contributed by atoms with van der Waals surface area (Å²) in [6.07, 6.45) is 1.25. The molecule has 1 N–H and O–H groups in total. The minimum Gasteiger partial charge on any atom is -0.316 e. The maximum absolute atomic E-state index is 13.7. The van der Waals surface area contributed by atoms with Crippen molar-refractivity contribution in [3.8, 4) is 0 Å². The first-order chi connectivity index (χ1) is 9.60. The number of likely N-dealkylation sites (N-methyl/N-ethyl adjacent to an activating group) is 1. The zero-order valence-corrected chi connectivity index (χ0v) is 11.8. The van der Waals surface area contributed by atoms with Crippen molar-refractivity contribution >= 4 is 0 Å². The maximum Gasteiger partial charge on any atom is 0.162 e. The molecule has 0 heterocycles. The van der Waals surface area contributed by atoms with Crippen LogP contribution in [0, 0.1) is 18.6 Å². The lowest BCUT2D eigenvalue weighted by atomic mass is 9.98. The van der Waals surface area contributed by atoms with E-state index in [2.05, 4.69) is 29.6 Å². The second kappa shape index (κ2) is 6.62. The largest absolute Gasteiger partial charge is 0.316 e. The Balaban J connectivity index is 2.09. The summed E-state index contributed by atoms with van der Waals surface area (Å²) >= 11 is 0. The minimum atomic E-state index is -0.785. The predicted octanol–water partition coefficient (Wildman–Crippen LogP) is 3.65. The summed E-state index contributed by atoms with van der Waals surface area (Å²) in [6.45, 7) is 2.04. The Morgan fingerprint density at radius 1 is 1.00 bits per heavy atom. The van der Waals surface area contributed by atoms with E-state index >= 15 is 0 Å². The number of hydrogen-bond donors (Lipinski definition) is 1. The van der Waals surface area contributed by atoms with Gasteiger partial charge in [-0.1, -0.05) is 42.0 Å². The van der Waals surface area contributed by atoms with Gasteiger partial charge in [-0.15, -0.1) is 0 Å². The summed E-state index contributed by atoms with van der Waals surface area (Å²) in [5.74, 6) is -1.52. The SMILES string of the molecule is CNC(Cc1ccc(C)cc1)Cc1cccc(F)c1F. The molecular formula is C17H19F2N. The van der Waals surface area contributed by atoms with Gasteiger partial charge in [0.15, 0.2) is 11.6 Å². The van der Waals surface area contributed by atoms with Gasteiger partial charge in [-0.05, 0) is 44.0 Å². The first-order valence-corrected chi connectivity index (χ1v) is 6.76. The quantitative estimate of drug-likeness (QED) is 0.878. The van der Waals surface area contributed by atoms with Gasteiger partial charge in [-0.25, -0.2) is 8.78 Å². The Kier molecular flexibility index (Phi) is 4.85. The van der Waals surface area contributed by atoms with Crippen molar-refractivity contribution in [2.45, 2.75) is 25.8 Å². The normalized spacial score (nSPS) is 12.4. The molecule has 2 aromatic rings. The molecule has 0 saturated heterocycles. The fraction of sp³-hybridized carbons (Fsp3) is 0.294. The predicted molar refractivity (Wildman–Crippen MR) is 77.8 cm³/mol. The zero-order chi connectivity index (χ0) is 14.5. The summed E-state index contributed by atoms with van der Waals surface area (Å²) in [7, 11) is 1.84. The molecule has 0 bridgehead atoms. The van der Waals surface area contributed by atoms with Crippen LogP contribution in [0.2, 0.25) is 0 Å². The molecule has 106 valence electrons. The Morgan fingerprint density at radius 3 is 2.35 bits per heavy atom. The van der Waals surface area contributed by atoms with Gasteiger partial charge >= 0.3 is 0 Å². The Morgan fingerprint density at radius 2 is 1.70 bits per heavy atom. The number of hydrogen-bond acceptors (Lipinski definition) is 1. The lowest BCUT2D eigenvalue weighted by Crippen LogP contribution is -2.30. The van der Waals surface area contributed by atoms with Gasteiger partial charge in [0, 0.05) is 6.04 Å². The topological polar surface area (TPSA) is 12.0 Å². The Hall–Kier alpha value is -1.74. The molecule has 0 aromatic heterocycles. The van der Waals surface area contributed by atoms with Crippen LogP contribution in [0.5, 0.6) is 0 Å². The molecule has 2 aromatic carbocycles. The molecule has 0 amide bonds. The van der Waals surface area contributed by atoms with E-state index in [1.54, 1.807) is 12.1 Å². The fourth-order valence-electron chi connectivity index (χ4n) is 2.26. The van der Waals surface area contributed by atoms with Crippen LogP contribution in [-0.2, 0) is 12.8 Å². The fourth-order valence-corrected chi connectivity index (χ4v) is 2.26. The average molecular weight is 275 g/mol. The zero-order valence-electron chi connectivity index (χ0n) is 11.8. The van der Waals surface area contributed by atoms with Crippen LogP contribution in [0.3, 0.4) is 0 Å². The van der Waals surface area contributed by atoms with Gasteiger partial charge in [-0.3, -0.25) is 0 Å². The summed E-state index contributed by atoms with van der Waals surface area (Å²) in [5, 5.41) is 3.17. The second-order valence-corrected chi connectivity index (χ2v) is 5.09. The van der Waals surface area contributed by atoms with Gasteiger partial charge in [-0.2, -0.15) is 0 Å². The van der Waals surface area contributed by atoms with Crippen LogP contribution in [-0.4, -0.2) is 13.1 Å². The molecule has 20 heavy (non-hydrogen) atoms. The van der Waals surface area contributed by atoms with E-state index in [1.165, 1.54) is 11.1 Å². The average Bonchev–Trinajstić information content (AvgIpc) is 2.45. The van der Waals surface area contributed by atoms with E-state index in [-0.39, 0.29) is 6.04 Å². The molecule has 1 unspecified atom stereocenters. The van der Waals surface area contributed by atoms with Crippen LogP contribution in [0.1, 0.15) is 16.7 Å². The molecule has 3 heteroatoms. The van der Waals surface area contributed by atoms with Crippen molar-refractivity contribution in [1.29, 1.82) is 0 Å². The minimum absolute atomic E-state index is 0.0778. The van der Waals surface area contributed by atoms with E-state index in [0.717, 1.165) is 12.5 Å². The van der Waals surface area contributed by atoms with Gasteiger partial charge in [0.2, 0.25) is 0 Å². The highest BCUT2D eigenvalue weighted by molar-refractivity contribution is 5.24. The highest BCUT2D eigenvalue weighted by Gasteiger charge is 2.13. The van der Waals surface area contributed by atoms with Crippen molar-refractivity contribution in [1.82, 2.24) is 5.32 Å². The van der Waals surface area contributed by atoms with E-state index in [1.807, 2.05) is 14.0 Å². The van der Waals surface area contributed by atoms with Crippen LogP contribution < -0.4 is 5.32 Å². The Labute approximate surface area is 118 Å². The van der Waals surface area contributed by atoms with Crippen molar-refractivity contribution < 1.29 is 8.78 Å². The van der Waals surface area contributed by atoms with Gasteiger partial charge in [0.1, 0.15) is 0 Å². The monoisotopic (exact) mass is 275 g/mol. The molecule has 0 aliphatic heterocycles. The smallest absolute Gasteiger partial charge is 0.162 e. The lowest BCUT2D eigenvalue weighted by Gasteiger charge is -2.17. The molecule has 0 radical (unpaired) electrons. The molecular weight excluding hydrogens is 256 g/mol. The molecule has 0 spiro atoms. The molecule has 2 rings (SSSR count). The van der Waals surface area contributed by atoms with Crippen LogP contribution in [0.25, 0.3) is 0 Å². The third-order valence-corrected chi connectivity index (χ3v) is 3.51. The molecule has 1 nitrogen and oxygen atoms in total. The number of benzene rings is 2. The van der Waals surface area contributed by atoms with E-state index in [4.69, 9.17) is 0 Å². The summed E-state index contributed by atoms with van der Waals surface area (Å²) < 4.78 is 26.9. The molecule has 1 atom stereocenters. The van der Waals surface area contributed by atoms with Gasteiger partial charge in [0.25, 0.3) is 0 Å². The summed E-state index contributed by atoms with van der Waals surface area (Å²) in [6, 6.07) is 12.7. The summed E-state index contributed by atoms with van der Waals surface area (Å²) in [4.78, 5) is 0. The lowest BCUT2D eigenvalue weighted by molar-refractivity contribution is 0.482. The van der Waals surface area contributed by atoms with Crippen molar-refractivity contribution in [2.75, 3.05) is 7.05 Å². The number of rotatable bonds is 5. The number of nitrogens with one attached hydrogen (secondary N) is 1. The maximum atomic E-state index is 13.7. The van der Waals surface area contributed by atoms with Crippen LogP contribution >= 0.6 is 0 Å². The molecule has 0 aliphatic carbocycles.